The summed E-state index contributed by atoms with van der Waals surface area (Å²) in [6.07, 6.45) is 2.17. The molecular formula is C30H30N2O4. The summed E-state index contributed by atoms with van der Waals surface area (Å²) >= 11 is 0. The van der Waals surface area contributed by atoms with Gasteiger partial charge in [-0.25, -0.2) is 4.99 Å². The van der Waals surface area contributed by atoms with Gasteiger partial charge in [-0.05, 0) is 53.4 Å². The van der Waals surface area contributed by atoms with E-state index in [1.165, 1.54) is 0 Å². The second-order valence-corrected chi connectivity index (χ2v) is 9.13. The fourth-order valence-electron chi connectivity index (χ4n) is 4.97. The number of rotatable bonds is 9. The minimum Gasteiger partial charge on any atom is -0.494 e. The highest BCUT2D eigenvalue weighted by atomic mass is 16.5. The zero-order valence-corrected chi connectivity index (χ0v) is 20.3. The van der Waals surface area contributed by atoms with Crippen LogP contribution in [0.25, 0.3) is 11.1 Å². The largest absolute Gasteiger partial charge is 0.494 e. The topological polar surface area (TPSA) is 80.2 Å². The van der Waals surface area contributed by atoms with Gasteiger partial charge in [0, 0.05) is 25.0 Å². The molecule has 1 heterocycles. The van der Waals surface area contributed by atoms with E-state index < -0.39 is 11.6 Å². The first-order valence-electron chi connectivity index (χ1n) is 12.3. The molecule has 0 aromatic heterocycles. The Morgan fingerprint density at radius 2 is 1.72 bits per heavy atom. The van der Waals surface area contributed by atoms with Crippen LogP contribution in [0.15, 0.2) is 90.4 Å². The first-order chi connectivity index (χ1) is 17.6. The monoisotopic (exact) mass is 482 g/mol. The molecule has 6 heteroatoms. The van der Waals surface area contributed by atoms with Crippen molar-refractivity contribution in [1.82, 2.24) is 5.32 Å². The molecule has 184 valence electrons. The molecule has 3 aromatic carbocycles. The number of carbonyl (C=O) groups excluding carboxylic acids is 1. The number of ether oxygens (including phenoxy) is 2. The van der Waals surface area contributed by atoms with E-state index in [2.05, 4.69) is 36.2 Å². The third-order valence-electron chi connectivity index (χ3n) is 6.89. The van der Waals surface area contributed by atoms with Crippen molar-refractivity contribution in [2.45, 2.75) is 37.5 Å². The highest BCUT2D eigenvalue weighted by molar-refractivity contribution is 6.01. The summed E-state index contributed by atoms with van der Waals surface area (Å²) in [7, 11) is 0. The van der Waals surface area contributed by atoms with Crippen LogP contribution in [-0.4, -0.2) is 41.8 Å². The standard InChI is InChI=1S/C30H30N2O4/c1-3-17-30(20(2)36-28(32-30)21-13-15-22(16-14-21)35-19-8-18-33)29(34)31-27-25-11-6-4-9-23(25)24-10-5-7-12-26(24)27/h3-7,9-16,20,27,33H,1,8,17-19H2,2H3,(H,31,34)/t20-,30-/m1/s1. The van der Waals surface area contributed by atoms with Crippen molar-refractivity contribution >= 4 is 11.8 Å². The summed E-state index contributed by atoms with van der Waals surface area (Å²) in [5.74, 6) is 0.937. The van der Waals surface area contributed by atoms with Gasteiger partial charge in [-0.2, -0.15) is 0 Å². The van der Waals surface area contributed by atoms with E-state index in [9.17, 15) is 4.79 Å². The van der Waals surface area contributed by atoms with Gasteiger partial charge >= 0.3 is 0 Å². The van der Waals surface area contributed by atoms with Crippen LogP contribution in [0.3, 0.4) is 0 Å². The predicted octanol–water partition coefficient (Wildman–Crippen LogP) is 4.81. The van der Waals surface area contributed by atoms with E-state index in [-0.39, 0.29) is 18.6 Å². The smallest absolute Gasteiger partial charge is 0.253 e. The fourth-order valence-corrected chi connectivity index (χ4v) is 4.97. The second kappa shape index (κ2) is 9.99. The lowest BCUT2D eigenvalue weighted by Gasteiger charge is -2.29. The Morgan fingerprint density at radius 3 is 2.33 bits per heavy atom. The number of hydrogen-bond acceptors (Lipinski definition) is 5. The number of fused-ring (bicyclic) bond motifs is 3. The van der Waals surface area contributed by atoms with Crippen LogP contribution in [-0.2, 0) is 9.53 Å². The van der Waals surface area contributed by atoms with Crippen LogP contribution in [0, 0.1) is 0 Å². The van der Waals surface area contributed by atoms with Gasteiger partial charge in [-0.1, -0.05) is 54.6 Å². The molecule has 0 spiro atoms. The van der Waals surface area contributed by atoms with Gasteiger partial charge in [0.2, 0.25) is 5.90 Å². The van der Waals surface area contributed by atoms with Crippen molar-refractivity contribution in [2.24, 2.45) is 4.99 Å². The van der Waals surface area contributed by atoms with Crippen LogP contribution in [0.4, 0.5) is 0 Å². The van der Waals surface area contributed by atoms with Crippen LogP contribution in [0.1, 0.15) is 42.5 Å². The number of aliphatic hydroxyl groups is 1. The van der Waals surface area contributed by atoms with E-state index in [0.717, 1.165) is 27.8 Å². The number of aliphatic hydroxyl groups excluding tert-OH is 1. The average Bonchev–Trinajstić information content (AvgIpc) is 3.41. The lowest BCUT2D eigenvalue weighted by molar-refractivity contribution is -0.128. The number of benzene rings is 3. The molecule has 6 nitrogen and oxygen atoms in total. The van der Waals surface area contributed by atoms with Crippen LogP contribution in [0.2, 0.25) is 0 Å². The van der Waals surface area contributed by atoms with Gasteiger partial charge in [-0.3, -0.25) is 4.79 Å². The molecule has 0 saturated carbocycles. The number of nitrogens with zero attached hydrogens (tertiary/aromatic N) is 1. The van der Waals surface area contributed by atoms with E-state index in [4.69, 9.17) is 19.6 Å². The lowest BCUT2D eigenvalue weighted by atomic mass is 9.88. The van der Waals surface area contributed by atoms with Gasteiger partial charge in [0.1, 0.15) is 11.9 Å². The maximum absolute atomic E-state index is 13.9. The van der Waals surface area contributed by atoms with Gasteiger partial charge in [0.25, 0.3) is 5.91 Å². The van der Waals surface area contributed by atoms with Crippen LogP contribution >= 0.6 is 0 Å². The first kappa shape index (κ1) is 23.8. The van der Waals surface area contributed by atoms with Crippen molar-refractivity contribution in [3.63, 3.8) is 0 Å². The molecule has 2 atom stereocenters. The van der Waals surface area contributed by atoms with Crippen LogP contribution < -0.4 is 10.1 Å². The van der Waals surface area contributed by atoms with Crippen molar-refractivity contribution in [3.05, 3.63) is 102 Å². The summed E-state index contributed by atoms with van der Waals surface area (Å²) in [4.78, 5) is 18.8. The summed E-state index contributed by atoms with van der Waals surface area (Å²) in [5.41, 5.74) is 4.07. The minimum atomic E-state index is -1.13. The van der Waals surface area contributed by atoms with E-state index >= 15 is 0 Å². The molecule has 0 bridgehead atoms. The Balaban J connectivity index is 1.43. The van der Waals surface area contributed by atoms with E-state index in [1.54, 1.807) is 6.08 Å². The molecule has 0 fully saturated rings. The fraction of sp³-hybridized carbons (Fsp3) is 0.267. The Morgan fingerprint density at radius 1 is 1.08 bits per heavy atom. The van der Waals surface area contributed by atoms with Crippen molar-refractivity contribution in [2.75, 3.05) is 13.2 Å². The number of hydrogen-bond donors (Lipinski definition) is 2. The Hall–Kier alpha value is -3.90. The molecule has 3 aromatic rings. The third kappa shape index (κ3) is 4.18. The van der Waals surface area contributed by atoms with E-state index in [1.807, 2.05) is 55.5 Å². The molecule has 0 radical (unpaired) electrons. The molecule has 2 N–H and O–H groups in total. The van der Waals surface area contributed by atoms with Gasteiger partial charge in [0.05, 0.1) is 12.6 Å². The maximum atomic E-state index is 13.9. The summed E-state index contributed by atoms with van der Waals surface area (Å²) < 4.78 is 11.8. The Labute approximate surface area is 211 Å². The SMILES string of the molecule is C=CC[C@@]1(C(=O)NC2c3ccccc3-c3ccccc32)N=C(c2ccc(OCCCO)cc2)O[C@@H]1C. The summed E-state index contributed by atoms with van der Waals surface area (Å²) in [6, 6.07) is 23.5. The molecule has 2 aliphatic rings. The second-order valence-electron chi connectivity index (χ2n) is 9.13. The first-order valence-corrected chi connectivity index (χ1v) is 12.3. The number of carbonyl (C=O) groups is 1. The number of aliphatic imine (C=N–C) groups is 1. The molecule has 1 amide bonds. The zero-order valence-electron chi connectivity index (χ0n) is 20.3. The Bertz CT molecular complexity index is 1250. The quantitative estimate of drug-likeness (QED) is 0.339. The Kier molecular flexibility index (Phi) is 6.61. The molecule has 0 unspecified atom stereocenters. The van der Waals surface area contributed by atoms with Gasteiger partial charge in [0.15, 0.2) is 5.54 Å². The summed E-state index contributed by atoms with van der Waals surface area (Å²) in [6.45, 7) is 6.31. The average molecular weight is 483 g/mol. The predicted molar refractivity (Wildman–Crippen MR) is 140 cm³/mol. The lowest BCUT2D eigenvalue weighted by Crippen LogP contribution is -2.51. The highest BCUT2D eigenvalue weighted by Gasteiger charge is 2.50. The summed E-state index contributed by atoms with van der Waals surface area (Å²) in [5, 5.41) is 12.2. The van der Waals surface area contributed by atoms with Gasteiger partial charge in [-0.15, -0.1) is 6.58 Å². The minimum absolute atomic E-state index is 0.0894. The molecule has 5 rings (SSSR count). The van der Waals surface area contributed by atoms with Crippen molar-refractivity contribution in [1.29, 1.82) is 0 Å². The molecule has 1 aliphatic carbocycles. The number of amides is 1. The zero-order chi connectivity index (χ0) is 25.1. The van der Waals surface area contributed by atoms with Crippen molar-refractivity contribution in [3.8, 4) is 16.9 Å². The molecule has 1 aliphatic heterocycles. The third-order valence-corrected chi connectivity index (χ3v) is 6.89. The van der Waals surface area contributed by atoms with Gasteiger partial charge < -0.3 is 19.9 Å². The molecular weight excluding hydrogens is 452 g/mol. The highest BCUT2D eigenvalue weighted by Crippen LogP contribution is 2.44. The molecule has 0 saturated heterocycles. The number of nitrogens with one attached hydrogen (secondary N) is 1. The van der Waals surface area contributed by atoms with E-state index in [0.29, 0.717) is 31.1 Å². The van der Waals surface area contributed by atoms with Crippen molar-refractivity contribution < 1.29 is 19.4 Å². The van der Waals surface area contributed by atoms with Crippen LogP contribution in [0.5, 0.6) is 5.75 Å². The maximum Gasteiger partial charge on any atom is 0.253 e. The normalized spacial score (nSPS) is 20.2. The molecule has 36 heavy (non-hydrogen) atoms.